The van der Waals surface area contributed by atoms with E-state index >= 15 is 0 Å². The molecule has 2 heterocycles. The molecule has 7 nitrogen and oxygen atoms in total. The maximum atomic E-state index is 12.0. The van der Waals surface area contributed by atoms with Crippen molar-refractivity contribution in [2.45, 2.75) is 19.1 Å². The Morgan fingerprint density at radius 1 is 1.39 bits per heavy atom. The van der Waals surface area contributed by atoms with Crippen molar-refractivity contribution in [3.05, 3.63) is 11.6 Å². The molecule has 2 rings (SSSR count). The summed E-state index contributed by atoms with van der Waals surface area (Å²) in [4.78, 5) is 22.5. The zero-order chi connectivity index (χ0) is 13.1. The van der Waals surface area contributed by atoms with E-state index in [0.717, 1.165) is 6.08 Å². The zero-order valence-corrected chi connectivity index (χ0v) is 10.1. The van der Waals surface area contributed by atoms with E-state index in [1.54, 1.807) is 0 Å². The lowest BCUT2D eigenvalue weighted by atomic mass is 10.2. The van der Waals surface area contributed by atoms with Crippen molar-refractivity contribution >= 4 is 11.9 Å². The molecule has 0 aromatic rings. The fourth-order valence-electron chi connectivity index (χ4n) is 1.45. The van der Waals surface area contributed by atoms with Gasteiger partial charge >= 0.3 is 5.97 Å². The van der Waals surface area contributed by atoms with Gasteiger partial charge in [0, 0.05) is 18.2 Å². The van der Waals surface area contributed by atoms with Crippen LogP contribution in [-0.4, -0.2) is 60.5 Å². The molecule has 1 amide bonds. The molecule has 2 fully saturated rings. The monoisotopic (exact) mass is 256 g/mol. The second-order valence-electron chi connectivity index (χ2n) is 4.35. The van der Waals surface area contributed by atoms with E-state index < -0.39 is 5.97 Å². The van der Waals surface area contributed by atoms with Gasteiger partial charge in [-0.15, -0.1) is 0 Å². The Balaban J connectivity index is 1.91. The van der Waals surface area contributed by atoms with E-state index in [-0.39, 0.29) is 23.7 Å². The van der Waals surface area contributed by atoms with E-state index in [4.69, 9.17) is 14.6 Å². The third-order valence-electron chi connectivity index (χ3n) is 2.62. The maximum absolute atomic E-state index is 12.0. The number of carbonyl (C=O) groups excluding carboxylic acids is 1. The van der Waals surface area contributed by atoms with Gasteiger partial charge in [-0.3, -0.25) is 9.80 Å². The Labute approximate surface area is 104 Å². The molecule has 0 aliphatic carbocycles. The van der Waals surface area contributed by atoms with Gasteiger partial charge in [-0.1, -0.05) is 0 Å². The lowest BCUT2D eigenvalue weighted by Gasteiger charge is -2.22. The number of amides is 1. The largest absolute Gasteiger partial charge is 0.478 e. The maximum Gasteiger partial charge on any atom is 0.328 e. The lowest BCUT2D eigenvalue weighted by Crippen LogP contribution is -2.47. The Kier molecular flexibility index (Phi) is 3.95. The van der Waals surface area contributed by atoms with Crippen LogP contribution in [0.1, 0.15) is 6.92 Å². The minimum Gasteiger partial charge on any atom is -0.478 e. The molecule has 2 N–H and O–H groups in total. The SMILES string of the molecule is CC(=CC(=O)O)C(=O)N(CC1CO1)NCC1CO1. The summed E-state index contributed by atoms with van der Waals surface area (Å²) in [6.45, 7) is 3.76. The summed E-state index contributed by atoms with van der Waals surface area (Å²) >= 11 is 0. The number of aliphatic carboxylic acids is 1. The minimum absolute atomic E-state index is 0.0409. The van der Waals surface area contributed by atoms with Gasteiger partial charge in [0.1, 0.15) is 6.10 Å². The first kappa shape index (κ1) is 13.0. The second-order valence-corrected chi connectivity index (χ2v) is 4.35. The Bertz CT molecular complexity index is 374. The number of nitrogens with zero attached hydrogens (tertiary/aromatic N) is 1. The van der Waals surface area contributed by atoms with Gasteiger partial charge < -0.3 is 14.6 Å². The second kappa shape index (κ2) is 5.47. The lowest BCUT2D eigenvalue weighted by molar-refractivity contribution is -0.133. The van der Waals surface area contributed by atoms with Crippen LogP contribution >= 0.6 is 0 Å². The van der Waals surface area contributed by atoms with Crippen molar-refractivity contribution in [2.75, 3.05) is 26.3 Å². The van der Waals surface area contributed by atoms with Crippen LogP contribution in [0.5, 0.6) is 0 Å². The highest BCUT2D eigenvalue weighted by Gasteiger charge is 2.30. The quantitative estimate of drug-likeness (QED) is 0.350. The number of ether oxygens (including phenoxy) is 2. The smallest absolute Gasteiger partial charge is 0.328 e. The molecular weight excluding hydrogens is 240 g/mol. The standard InChI is InChI=1S/C11H16N2O5/c1-7(2-10(14)15)11(16)13(4-9-6-18-9)12-3-8-5-17-8/h2,8-9,12H,3-6H2,1H3,(H,14,15). The van der Waals surface area contributed by atoms with Crippen LogP contribution in [0.3, 0.4) is 0 Å². The van der Waals surface area contributed by atoms with Crippen LogP contribution in [0.25, 0.3) is 0 Å². The summed E-state index contributed by atoms with van der Waals surface area (Å²) in [6.07, 6.45) is 1.08. The van der Waals surface area contributed by atoms with Crippen LogP contribution in [0, 0.1) is 0 Å². The van der Waals surface area contributed by atoms with Crippen molar-refractivity contribution in [3.63, 3.8) is 0 Å². The van der Waals surface area contributed by atoms with Crippen LogP contribution < -0.4 is 5.43 Å². The van der Waals surface area contributed by atoms with E-state index in [2.05, 4.69) is 5.43 Å². The van der Waals surface area contributed by atoms with E-state index in [0.29, 0.717) is 26.3 Å². The number of hydrazine groups is 1. The van der Waals surface area contributed by atoms with Crippen LogP contribution in [0.15, 0.2) is 11.6 Å². The molecule has 18 heavy (non-hydrogen) atoms. The molecule has 2 aliphatic heterocycles. The van der Waals surface area contributed by atoms with Gasteiger partial charge in [0.2, 0.25) is 0 Å². The Hall–Kier alpha value is -1.44. The molecule has 0 radical (unpaired) electrons. The summed E-state index contributed by atoms with van der Waals surface area (Å²) in [5, 5.41) is 10.0. The van der Waals surface area contributed by atoms with Crippen molar-refractivity contribution in [3.8, 4) is 0 Å². The topological polar surface area (TPSA) is 94.7 Å². The van der Waals surface area contributed by atoms with Gasteiger partial charge in [0.15, 0.2) is 0 Å². The average Bonchev–Trinajstić information content (AvgIpc) is 3.15. The van der Waals surface area contributed by atoms with Crippen molar-refractivity contribution in [1.29, 1.82) is 0 Å². The number of carboxylic acid groups (broad SMARTS) is 1. The number of carboxylic acids is 1. The van der Waals surface area contributed by atoms with E-state index in [9.17, 15) is 9.59 Å². The first-order valence-corrected chi connectivity index (χ1v) is 5.76. The van der Waals surface area contributed by atoms with Crippen molar-refractivity contribution < 1.29 is 24.2 Å². The third kappa shape index (κ3) is 4.10. The van der Waals surface area contributed by atoms with Crippen LogP contribution in [0.2, 0.25) is 0 Å². The molecule has 7 heteroatoms. The minimum atomic E-state index is -1.13. The molecular formula is C11H16N2O5. The van der Waals surface area contributed by atoms with Crippen molar-refractivity contribution in [1.82, 2.24) is 10.4 Å². The van der Waals surface area contributed by atoms with Crippen LogP contribution in [-0.2, 0) is 19.1 Å². The molecule has 0 bridgehead atoms. The number of rotatable bonds is 7. The van der Waals surface area contributed by atoms with Crippen molar-refractivity contribution in [2.24, 2.45) is 0 Å². The zero-order valence-electron chi connectivity index (χ0n) is 10.1. The fraction of sp³-hybridized carbons (Fsp3) is 0.636. The number of epoxide rings is 2. The average molecular weight is 256 g/mol. The molecule has 2 atom stereocenters. The fourth-order valence-corrected chi connectivity index (χ4v) is 1.45. The van der Waals surface area contributed by atoms with Gasteiger partial charge in [0.05, 0.1) is 25.9 Å². The van der Waals surface area contributed by atoms with Gasteiger partial charge in [0.25, 0.3) is 5.91 Å². The number of hydrogen-bond donors (Lipinski definition) is 2. The molecule has 0 aromatic heterocycles. The highest BCUT2D eigenvalue weighted by atomic mass is 16.6. The Morgan fingerprint density at radius 3 is 2.50 bits per heavy atom. The molecule has 100 valence electrons. The van der Waals surface area contributed by atoms with Gasteiger partial charge in [-0.05, 0) is 6.92 Å². The number of carbonyl (C=O) groups is 2. The highest BCUT2D eigenvalue weighted by molar-refractivity contribution is 5.98. The first-order valence-electron chi connectivity index (χ1n) is 5.76. The molecule has 0 spiro atoms. The summed E-state index contributed by atoms with van der Waals surface area (Å²) in [7, 11) is 0. The molecule has 2 aliphatic rings. The molecule has 2 unspecified atom stereocenters. The summed E-state index contributed by atoms with van der Waals surface area (Å²) in [6, 6.07) is 0. The van der Waals surface area contributed by atoms with E-state index in [1.807, 2.05) is 0 Å². The molecule has 0 aromatic carbocycles. The summed E-state index contributed by atoms with van der Waals surface area (Å²) in [5.74, 6) is -1.48. The number of hydrogen-bond acceptors (Lipinski definition) is 5. The van der Waals surface area contributed by atoms with Gasteiger partial charge in [-0.25, -0.2) is 10.2 Å². The molecule has 2 saturated heterocycles. The highest BCUT2D eigenvalue weighted by Crippen LogP contribution is 2.13. The van der Waals surface area contributed by atoms with Gasteiger partial charge in [-0.2, -0.15) is 0 Å². The number of nitrogens with one attached hydrogen (secondary N) is 1. The van der Waals surface area contributed by atoms with E-state index in [1.165, 1.54) is 11.9 Å². The normalized spacial score (nSPS) is 25.7. The predicted molar refractivity (Wildman–Crippen MR) is 60.6 cm³/mol. The summed E-state index contributed by atoms with van der Waals surface area (Å²) in [5.41, 5.74) is 3.13. The molecule has 0 saturated carbocycles. The first-order chi connectivity index (χ1) is 8.56. The van der Waals surface area contributed by atoms with Crippen LogP contribution in [0.4, 0.5) is 0 Å². The third-order valence-corrected chi connectivity index (χ3v) is 2.62. The predicted octanol–water partition coefficient (Wildman–Crippen LogP) is -0.852. The Morgan fingerprint density at radius 2 is 2.00 bits per heavy atom. The summed E-state index contributed by atoms with van der Waals surface area (Å²) < 4.78 is 10.1.